The lowest BCUT2D eigenvalue weighted by molar-refractivity contribution is -0.149. The summed E-state index contributed by atoms with van der Waals surface area (Å²) >= 11 is 0. The number of hydrogen-bond donors (Lipinski definition) is 2. The predicted octanol–water partition coefficient (Wildman–Crippen LogP) is 1.67. The molecule has 1 saturated carbocycles. The Morgan fingerprint density at radius 1 is 1.09 bits per heavy atom. The number of likely N-dealkylation sites (tertiary alicyclic amines) is 1. The average molecular weight is 495 g/mol. The van der Waals surface area contributed by atoms with Crippen molar-refractivity contribution in [2.75, 3.05) is 27.2 Å². The lowest BCUT2D eigenvalue weighted by atomic mass is 9.83. The van der Waals surface area contributed by atoms with Crippen LogP contribution in [0.25, 0.3) is 0 Å². The smallest absolute Gasteiger partial charge is 0.410 e. The lowest BCUT2D eigenvalue weighted by Gasteiger charge is -2.36. The monoisotopic (exact) mass is 494 g/mol. The second kappa shape index (κ2) is 11.1. The van der Waals surface area contributed by atoms with Gasteiger partial charge in [-0.1, -0.05) is 19.3 Å². The van der Waals surface area contributed by atoms with E-state index < -0.39 is 35.6 Å². The van der Waals surface area contributed by atoms with E-state index in [0.717, 1.165) is 38.5 Å². The van der Waals surface area contributed by atoms with Crippen molar-refractivity contribution in [1.82, 2.24) is 20.4 Å². The van der Waals surface area contributed by atoms with Crippen molar-refractivity contribution in [2.24, 2.45) is 11.8 Å². The maximum absolute atomic E-state index is 13.9. The molecule has 10 heteroatoms. The molecule has 3 fully saturated rings. The molecule has 3 rings (SSSR count). The Morgan fingerprint density at radius 3 is 2.34 bits per heavy atom. The van der Waals surface area contributed by atoms with Crippen LogP contribution >= 0.6 is 0 Å². The second-order valence-electron chi connectivity index (χ2n) is 11.1. The van der Waals surface area contributed by atoms with Gasteiger partial charge in [-0.2, -0.15) is 0 Å². The number of rotatable bonds is 6. The summed E-state index contributed by atoms with van der Waals surface area (Å²) in [6, 6.07) is -1.75. The lowest BCUT2D eigenvalue weighted by Crippen LogP contribution is -2.58. The molecule has 2 heterocycles. The third kappa shape index (κ3) is 6.26. The SMILES string of the molecule is COC(=O)[C@H]1CN[C@@H]2CCN(C(=O)[C@@H](NC(=O)[C@H](C)N(C)C(=O)OC(C)(C)C)C3CCCCC3)[C@H]12. The Bertz CT molecular complexity index is 806. The summed E-state index contributed by atoms with van der Waals surface area (Å²) in [5, 5.41) is 6.34. The fraction of sp³-hybridized carbons (Fsp3) is 0.840. The standard InChI is InChI=1S/C25H42N4O6/c1-15(28(5)24(33)35-25(2,3)4)21(30)27-19(16-10-8-7-9-11-16)22(31)29-13-12-18-20(29)17(14-26-18)23(32)34-6/h15-20,26H,7-14H2,1-6H3,(H,27,30)/t15-,17-,18+,19-,20+/m0/s1. The average Bonchev–Trinajstić information content (AvgIpc) is 3.42. The summed E-state index contributed by atoms with van der Waals surface area (Å²) in [5.74, 6) is -1.27. The number of carbonyl (C=O) groups is 4. The van der Waals surface area contributed by atoms with E-state index in [1.165, 1.54) is 19.1 Å². The van der Waals surface area contributed by atoms with Crippen molar-refractivity contribution < 1.29 is 28.7 Å². The first-order chi connectivity index (χ1) is 16.4. The van der Waals surface area contributed by atoms with Crippen molar-refractivity contribution in [2.45, 2.75) is 96.0 Å². The van der Waals surface area contributed by atoms with E-state index >= 15 is 0 Å². The van der Waals surface area contributed by atoms with Crippen molar-refractivity contribution >= 4 is 23.9 Å². The fourth-order valence-corrected chi connectivity index (χ4v) is 5.54. The Hall–Kier alpha value is -2.36. The van der Waals surface area contributed by atoms with Gasteiger partial charge in [-0.05, 0) is 52.9 Å². The van der Waals surface area contributed by atoms with Gasteiger partial charge < -0.3 is 25.0 Å². The van der Waals surface area contributed by atoms with E-state index in [-0.39, 0.29) is 29.9 Å². The van der Waals surface area contributed by atoms with Crippen LogP contribution in [0.2, 0.25) is 0 Å². The fourth-order valence-electron chi connectivity index (χ4n) is 5.54. The molecule has 35 heavy (non-hydrogen) atoms. The van der Waals surface area contributed by atoms with E-state index in [2.05, 4.69) is 10.6 Å². The number of fused-ring (bicyclic) bond motifs is 1. The number of carbonyl (C=O) groups excluding carboxylic acids is 4. The highest BCUT2D eigenvalue weighted by molar-refractivity contribution is 5.92. The normalized spacial score (nSPS) is 26.5. The van der Waals surface area contributed by atoms with Crippen molar-refractivity contribution in [3.63, 3.8) is 0 Å². The number of nitrogens with zero attached hydrogens (tertiary/aromatic N) is 2. The quantitative estimate of drug-likeness (QED) is 0.540. The number of likely N-dealkylation sites (N-methyl/N-ethyl adjacent to an activating group) is 1. The number of amides is 3. The van der Waals surface area contributed by atoms with Gasteiger partial charge in [0.1, 0.15) is 17.7 Å². The van der Waals surface area contributed by atoms with Gasteiger partial charge in [-0.15, -0.1) is 0 Å². The molecule has 198 valence electrons. The molecule has 0 aromatic carbocycles. The van der Waals surface area contributed by atoms with Crippen LogP contribution in [0, 0.1) is 11.8 Å². The molecule has 10 nitrogen and oxygen atoms in total. The van der Waals surface area contributed by atoms with Crippen LogP contribution in [0.5, 0.6) is 0 Å². The van der Waals surface area contributed by atoms with Crippen LogP contribution in [-0.4, -0.2) is 90.7 Å². The first-order valence-corrected chi connectivity index (χ1v) is 12.8. The highest BCUT2D eigenvalue weighted by atomic mass is 16.6. The van der Waals surface area contributed by atoms with Crippen LogP contribution in [0.3, 0.4) is 0 Å². The number of hydrogen-bond acceptors (Lipinski definition) is 7. The van der Waals surface area contributed by atoms with Gasteiger partial charge in [0.25, 0.3) is 0 Å². The Kier molecular flexibility index (Phi) is 8.67. The predicted molar refractivity (Wildman–Crippen MR) is 129 cm³/mol. The van der Waals surface area contributed by atoms with E-state index in [0.29, 0.717) is 13.1 Å². The Morgan fingerprint density at radius 2 is 1.74 bits per heavy atom. The topological polar surface area (TPSA) is 117 Å². The van der Waals surface area contributed by atoms with Gasteiger partial charge in [-0.25, -0.2) is 4.79 Å². The molecular formula is C25H42N4O6. The molecule has 1 aliphatic carbocycles. The molecule has 0 radical (unpaired) electrons. The number of esters is 1. The van der Waals surface area contributed by atoms with Crippen LogP contribution in [0.15, 0.2) is 0 Å². The van der Waals surface area contributed by atoms with E-state index in [1.807, 2.05) is 0 Å². The van der Waals surface area contributed by atoms with Crippen molar-refractivity contribution in [3.05, 3.63) is 0 Å². The van der Waals surface area contributed by atoms with E-state index in [4.69, 9.17) is 9.47 Å². The second-order valence-corrected chi connectivity index (χ2v) is 11.1. The first-order valence-electron chi connectivity index (χ1n) is 12.8. The summed E-state index contributed by atoms with van der Waals surface area (Å²) in [4.78, 5) is 55.1. The minimum atomic E-state index is -0.814. The first kappa shape index (κ1) is 27.2. The van der Waals surface area contributed by atoms with Crippen LogP contribution < -0.4 is 10.6 Å². The van der Waals surface area contributed by atoms with Gasteiger partial charge in [0.15, 0.2) is 0 Å². The minimum Gasteiger partial charge on any atom is -0.469 e. The maximum atomic E-state index is 13.9. The van der Waals surface area contributed by atoms with Crippen LogP contribution in [0.1, 0.15) is 66.2 Å². The third-order valence-corrected chi connectivity index (χ3v) is 7.58. The van der Waals surface area contributed by atoms with Crippen molar-refractivity contribution in [3.8, 4) is 0 Å². The third-order valence-electron chi connectivity index (χ3n) is 7.58. The van der Waals surface area contributed by atoms with Gasteiger partial charge >= 0.3 is 12.1 Å². The molecule has 3 aliphatic rings. The zero-order valence-electron chi connectivity index (χ0n) is 22.0. The van der Waals surface area contributed by atoms with Gasteiger partial charge in [0.2, 0.25) is 11.8 Å². The highest BCUT2D eigenvalue weighted by Gasteiger charge is 2.51. The molecule has 2 aliphatic heterocycles. The minimum absolute atomic E-state index is 0.0178. The highest BCUT2D eigenvalue weighted by Crippen LogP contribution is 2.33. The zero-order chi connectivity index (χ0) is 25.9. The van der Waals surface area contributed by atoms with E-state index in [1.54, 1.807) is 32.6 Å². The maximum Gasteiger partial charge on any atom is 0.410 e. The van der Waals surface area contributed by atoms with Crippen LogP contribution in [0.4, 0.5) is 4.79 Å². The summed E-state index contributed by atoms with van der Waals surface area (Å²) in [6.45, 7) is 7.94. The summed E-state index contributed by atoms with van der Waals surface area (Å²) in [6.07, 6.45) is 5.01. The van der Waals surface area contributed by atoms with Crippen molar-refractivity contribution in [1.29, 1.82) is 0 Å². The molecule has 0 spiro atoms. The Balaban J connectivity index is 1.76. The molecular weight excluding hydrogens is 452 g/mol. The molecule has 0 aromatic rings. The molecule has 0 bridgehead atoms. The summed E-state index contributed by atoms with van der Waals surface area (Å²) in [7, 11) is 2.89. The van der Waals surface area contributed by atoms with Gasteiger partial charge in [0, 0.05) is 26.2 Å². The number of methoxy groups -OCH3 is 1. The largest absolute Gasteiger partial charge is 0.469 e. The summed E-state index contributed by atoms with van der Waals surface area (Å²) in [5.41, 5.74) is -0.681. The molecule has 2 saturated heterocycles. The number of nitrogens with one attached hydrogen (secondary N) is 2. The zero-order valence-corrected chi connectivity index (χ0v) is 22.0. The molecule has 0 aromatic heterocycles. The van der Waals surface area contributed by atoms with Crippen LogP contribution in [-0.2, 0) is 23.9 Å². The number of ether oxygens (including phenoxy) is 2. The van der Waals surface area contributed by atoms with E-state index in [9.17, 15) is 19.2 Å². The molecule has 2 N–H and O–H groups in total. The molecule has 5 atom stereocenters. The van der Waals surface area contributed by atoms with Gasteiger partial charge in [0.05, 0.1) is 19.1 Å². The Labute approximate surface area is 208 Å². The molecule has 3 amide bonds. The summed E-state index contributed by atoms with van der Waals surface area (Å²) < 4.78 is 10.4. The van der Waals surface area contributed by atoms with Gasteiger partial charge in [-0.3, -0.25) is 19.3 Å². The molecule has 0 unspecified atom stereocenters.